The van der Waals surface area contributed by atoms with Gasteiger partial charge in [0, 0.05) is 39.3 Å². The van der Waals surface area contributed by atoms with E-state index in [1.807, 2.05) is 0 Å². The van der Waals surface area contributed by atoms with Crippen LogP contribution in [-0.2, 0) is 74.3 Å². The van der Waals surface area contributed by atoms with Gasteiger partial charge in [0.15, 0.2) is 0 Å². The molecule has 0 bridgehead atoms. The van der Waals surface area contributed by atoms with Gasteiger partial charge in [0.05, 0.1) is 78.2 Å². The summed E-state index contributed by atoms with van der Waals surface area (Å²) in [6.45, 7) is 23.2. The Balaban J connectivity index is 5.57. The van der Waals surface area contributed by atoms with E-state index in [1.165, 1.54) is 57.6 Å². The molecule has 0 rings (SSSR count). The topological polar surface area (TPSA) is 278 Å². The monoisotopic (exact) mass is 1270 g/mol. The summed E-state index contributed by atoms with van der Waals surface area (Å²) in [5, 5.41) is 10.5. The van der Waals surface area contributed by atoms with Gasteiger partial charge < -0.3 is 49.7 Å². The number of hydrogen-bond acceptors (Lipinski definition) is 19. The van der Waals surface area contributed by atoms with Gasteiger partial charge in [0.1, 0.15) is 23.4 Å². The number of urea groups is 1. The highest BCUT2D eigenvalue weighted by Gasteiger charge is 2.32. The van der Waals surface area contributed by atoms with Crippen molar-refractivity contribution in [1.29, 1.82) is 0 Å². The Morgan fingerprint density at radius 1 is 0.465 bits per heavy atom. The Labute approximate surface area is 517 Å². The zero-order valence-corrected chi connectivity index (χ0v) is 56.3. The molecule has 86 heavy (non-hydrogen) atoms. The summed E-state index contributed by atoms with van der Waals surface area (Å²) in [5.74, 6) is -0.597. The lowest BCUT2D eigenvalue weighted by molar-refractivity contribution is -0.150. The lowest BCUT2D eigenvalue weighted by Crippen LogP contribution is -2.44. The van der Waals surface area contributed by atoms with Crippen LogP contribution in [0.25, 0.3) is 0 Å². The largest absolute Gasteiger partial charge is 0.475 e. The van der Waals surface area contributed by atoms with Crippen LogP contribution in [0.4, 0.5) is 14.4 Å². The Morgan fingerprint density at radius 3 is 1.21 bits per heavy atom. The van der Waals surface area contributed by atoms with Crippen molar-refractivity contribution in [3.05, 3.63) is 25.3 Å². The molecule has 504 valence electrons. The van der Waals surface area contributed by atoms with Crippen LogP contribution in [0.15, 0.2) is 25.3 Å². The molecule has 0 aromatic rings. The third kappa shape index (κ3) is 51.3. The van der Waals surface area contributed by atoms with E-state index in [9.17, 15) is 33.1 Å². The Kier molecular flexibility index (Phi) is 49.0. The van der Waals surface area contributed by atoms with Gasteiger partial charge in [-0.3, -0.25) is 36.7 Å². The number of phosphoric acid groups is 2. The SMILES string of the molecule is C=CCOP(=O)(OCCNC(=O)NCCOP(=O)(OCC=C)OC[C@@H](COCC[C@@H](CCCCCCC)OC(=O)CCCCCCCCCCC)NC(=O)OC(C)(C)C)OC[C@@H](COCC[C@@H](CCCCCCC)OC(C)=O)NC(=O)OC(C)(C)C. The number of ether oxygens (including phenoxy) is 6. The summed E-state index contributed by atoms with van der Waals surface area (Å²) in [6.07, 6.45) is 24.1. The Hall–Kier alpha value is -3.63. The first-order valence-electron chi connectivity index (χ1n) is 31.7. The van der Waals surface area contributed by atoms with Gasteiger partial charge in [-0.05, 0) is 73.6 Å². The Morgan fingerprint density at radius 2 is 0.837 bits per heavy atom. The van der Waals surface area contributed by atoms with Gasteiger partial charge in [-0.15, -0.1) is 13.2 Å². The van der Waals surface area contributed by atoms with Crippen molar-refractivity contribution in [3.8, 4) is 0 Å². The lowest BCUT2D eigenvalue weighted by Gasteiger charge is -2.25. The van der Waals surface area contributed by atoms with E-state index in [-0.39, 0.29) is 90.1 Å². The highest BCUT2D eigenvalue weighted by Crippen LogP contribution is 2.50. The number of carbonyl (C=O) groups is 5. The molecule has 0 fully saturated rings. The molecule has 2 unspecified atom stereocenters. The van der Waals surface area contributed by atoms with E-state index in [2.05, 4.69) is 55.2 Å². The third-order valence-electron chi connectivity index (χ3n) is 12.5. The fourth-order valence-corrected chi connectivity index (χ4v) is 10.6. The van der Waals surface area contributed by atoms with E-state index in [0.717, 1.165) is 83.5 Å². The van der Waals surface area contributed by atoms with E-state index < -0.39 is 70.4 Å². The highest BCUT2D eigenvalue weighted by atomic mass is 31.2. The molecule has 4 amide bonds. The maximum Gasteiger partial charge on any atom is 0.475 e. The van der Waals surface area contributed by atoms with Gasteiger partial charge in [0.25, 0.3) is 0 Å². The smallest absolute Gasteiger partial charge is 0.462 e. The van der Waals surface area contributed by atoms with Crippen molar-refractivity contribution < 1.29 is 88.7 Å². The number of alkyl carbamates (subject to hydrolysis) is 2. The average molecular weight is 1270 g/mol. The summed E-state index contributed by atoms with van der Waals surface area (Å²) in [6, 6.07) is -2.48. The second kappa shape index (κ2) is 51.1. The van der Waals surface area contributed by atoms with E-state index in [0.29, 0.717) is 32.1 Å². The minimum Gasteiger partial charge on any atom is -0.462 e. The maximum absolute atomic E-state index is 13.9. The number of esters is 2. The number of carbonyl (C=O) groups excluding carboxylic acids is 5. The Bertz CT molecular complexity index is 1900. The molecule has 0 saturated carbocycles. The number of nitrogens with one attached hydrogen (secondary N) is 4. The van der Waals surface area contributed by atoms with Crippen LogP contribution >= 0.6 is 15.6 Å². The predicted octanol–water partition coefficient (Wildman–Crippen LogP) is 14.1. The molecule has 0 saturated heterocycles. The summed E-state index contributed by atoms with van der Waals surface area (Å²) >= 11 is 0. The molecular formula is C61H116N4O19P2. The molecule has 0 aromatic heterocycles. The van der Waals surface area contributed by atoms with Crippen LogP contribution in [0, 0.1) is 0 Å². The summed E-state index contributed by atoms with van der Waals surface area (Å²) < 4.78 is 95.1. The number of unbranched alkanes of at least 4 members (excludes halogenated alkanes) is 16. The van der Waals surface area contributed by atoms with Crippen molar-refractivity contribution in [2.24, 2.45) is 0 Å². The number of hydrogen-bond donors (Lipinski definition) is 4. The van der Waals surface area contributed by atoms with E-state index in [4.69, 9.17) is 55.6 Å². The van der Waals surface area contributed by atoms with E-state index in [1.54, 1.807) is 41.5 Å². The molecule has 0 aliphatic heterocycles. The molecule has 0 aromatic carbocycles. The summed E-state index contributed by atoms with van der Waals surface area (Å²) in [4.78, 5) is 63.3. The summed E-state index contributed by atoms with van der Waals surface area (Å²) in [5.41, 5.74) is -1.65. The molecule has 0 heterocycles. The quantitative estimate of drug-likeness (QED) is 0.0145. The molecule has 0 aliphatic carbocycles. The molecule has 23 nitrogen and oxygen atoms in total. The fraction of sp³-hybridized carbons (Fsp3) is 0.852. The molecule has 0 spiro atoms. The molecule has 4 N–H and O–H groups in total. The molecule has 0 aliphatic rings. The van der Waals surface area contributed by atoms with Gasteiger partial charge in [0.2, 0.25) is 0 Å². The average Bonchev–Trinajstić information content (AvgIpc) is 3.58. The number of amides is 4. The zero-order chi connectivity index (χ0) is 64.4. The van der Waals surface area contributed by atoms with E-state index >= 15 is 0 Å². The normalized spacial score (nSPS) is 14.5. The fourth-order valence-electron chi connectivity index (χ4n) is 8.21. The van der Waals surface area contributed by atoms with Crippen molar-refractivity contribution in [2.75, 3.05) is 79.2 Å². The maximum atomic E-state index is 13.9. The number of phosphoric ester groups is 2. The van der Waals surface area contributed by atoms with Crippen LogP contribution < -0.4 is 21.3 Å². The molecular weight excluding hydrogens is 1150 g/mol. The minimum absolute atomic E-state index is 0.0917. The first-order valence-corrected chi connectivity index (χ1v) is 34.6. The lowest BCUT2D eigenvalue weighted by atomic mass is 10.1. The van der Waals surface area contributed by atoms with Gasteiger partial charge >= 0.3 is 45.8 Å². The standard InChI is InChI=1S/C61H116N4O19P2/c1-13-18-21-24-25-26-27-30-33-36-56(67)82-55(35-32-29-23-20-15-3)38-44-74-48-53(65-59(70)84-61(10,11)12)50-80-86(72,76-42-17-5)78-46-40-63-57(68)62-39-45-77-85(71,75-41-16-4)79-49-52(64-58(69)83-60(7,8)9)47-73-43-37-54(81-51(6)66)34-31-28-22-19-14-2/h16-17,52-55H,4-5,13-15,18-50H2,1-3,6-12H3,(H,64,69)(H,65,70)(H2,62,63,68)/t52-,53-,54-,55-,85?,86?/m1/s1. The van der Waals surface area contributed by atoms with Gasteiger partial charge in [-0.1, -0.05) is 136 Å². The first-order chi connectivity index (χ1) is 40.9. The van der Waals surface area contributed by atoms with Crippen molar-refractivity contribution in [3.63, 3.8) is 0 Å². The van der Waals surface area contributed by atoms with Crippen LogP contribution in [0.1, 0.15) is 223 Å². The molecule has 25 heteroatoms. The predicted molar refractivity (Wildman–Crippen MR) is 334 cm³/mol. The van der Waals surface area contributed by atoms with Crippen LogP contribution in [0.3, 0.4) is 0 Å². The molecule has 0 radical (unpaired) electrons. The number of rotatable bonds is 56. The second-order valence-corrected chi connectivity index (χ2v) is 26.6. The minimum atomic E-state index is -4.35. The van der Waals surface area contributed by atoms with Gasteiger partial charge in [-0.2, -0.15) is 0 Å². The second-order valence-electron chi connectivity index (χ2n) is 23.2. The first kappa shape index (κ1) is 82.4. The summed E-state index contributed by atoms with van der Waals surface area (Å²) in [7, 11) is -8.68. The molecule has 6 atom stereocenters. The van der Waals surface area contributed by atoms with Crippen LogP contribution in [0.5, 0.6) is 0 Å². The van der Waals surface area contributed by atoms with Crippen LogP contribution in [-0.4, -0.2) is 145 Å². The van der Waals surface area contributed by atoms with Crippen LogP contribution in [0.2, 0.25) is 0 Å². The van der Waals surface area contributed by atoms with Crippen molar-refractivity contribution >= 4 is 45.8 Å². The zero-order valence-electron chi connectivity index (χ0n) is 54.5. The third-order valence-corrected chi connectivity index (χ3v) is 15.3. The van der Waals surface area contributed by atoms with Crippen molar-refractivity contribution in [2.45, 2.75) is 259 Å². The van der Waals surface area contributed by atoms with Gasteiger partial charge in [-0.25, -0.2) is 23.5 Å². The highest BCUT2D eigenvalue weighted by molar-refractivity contribution is 7.48. The van der Waals surface area contributed by atoms with Crippen molar-refractivity contribution in [1.82, 2.24) is 21.3 Å².